The van der Waals surface area contributed by atoms with E-state index >= 15 is 0 Å². The number of rotatable bonds is 5. The maximum absolute atomic E-state index is 12.3. The van der Waals surface area contributed by atoms with Crippen LogP contribution < -0.4 is 10.9 Å². The fourth-order valence-electron chi connectivity index (χ4n) is 2.85. The van der Waals surface area contributed by atoms with Crippen LogP contribution in [0.2, 0.25) is 5.02 Å². The number of halogens is 1. The van der Waals surface area contributed by atoms with Crippen LogP contribution in [0.3, 0.4) is 0 Å². The third-order valence-corrected chi connectivity index (χ3v) is 4.96. The van der Waals surface area contributed by atoms with Gasteiger partial charge in [-0.1, -0.05) is 23.7 Å². The zero-order valence-electron chi connectivity index (χ0n) is 16.2. The summed E-state index contributed by atoms with van der Waals surface area (Å²) in [5, 5.41) is 3.55. The lowest BCUT2D eigenvalue weighted by molar-refractivity contribution is -0.146. The summed E-state index contributed by atoms with van der Waals surface area (Å²) in [6.07, 6.45) is 0. The van der Waals surface area contributed by atoms with E-state index in [0.29, 0.717) is 21.6 Å². The number of carbonyl (C=O) groups excluding carboxylic acids is 2. The van der Waals surface area contributed by atoms with E-state index < -0.39 is 23.5 Å². The number of fused-ring (bicyclic) bond motifs is 1. The molecule has 0 aliphatic carbocycles. The monoisotopic (exact) mass is 413 g/mol. The Morgan fingerprint density at radius 1 is 1.14 bits per heavy atom. The Balaban J connectivity index is 1.72. The fraction of sp³-hybridized carbons (Fsp3) is 0.227. The van der Waals surface area contributed by atoms with Crippen molar-refractivity contribution in [3.63, 3.8) is 0 Å². The van der Waals surface area contributed by atoms with Gasteiger partial charge in [0, 0.05) is 17.0 Å². The molecule has 0 aliphatic rings. The van der Waals surface area contributed by atoms with Gasteiger partial charge < -0.3 is 14.5 Å². The second-order valence-electron chi connectivity index (χ2n) is 6.81. The largest absolute Gasteiger partial charge is 0.459 e. The first kappa shape index (κ1) is 20.6. The third kappa shape index (κ3) is 4.66. The van der Waals surface area contributed by atoms with Gasteiger partial charge in [0.25, 0.3) is 5.91 Å². The Morgan fingerprint density at radius 2 is 1.83 bits per heavy atom. The molecular weight excluding hydrogens is 394 g/mol. The van der Waals surface area contributed by atoms with E-state index in [2.05, 4.69) is 5.32 Å². The highest BCUT2D eigenvalue weighted by atomic mass is 35.5. The topological polar surface area (TPSA) is 85.6 Å². The molecule has 1 heterocycles. The maximum Gasteiger partial charge on any atom is 0.336 e. The first-order chi connectivity index (χ1) is 13.8. The van der Waals surface area contributed by atoms with Crippen molar-refractivity contribution in [3.05, 3.63) is 80.2 Å². The van der Waals surface area contributed by atoms with E-state index in [-0.39, 0.29) is 12.2 Å². The van der Waals surface area contributed by atoms with Gasteiger partial charge in [0.05, 0.1) is 10.6 Å². The predicted octanol–water partition coefficient (Wildman–Crippen LogP) is 3.92. The number of hydrogen-bond acceptors (Lipinski definition) is 5. The van der Waals surface area contributed by atoms with E-state index in [4.69, 9.17) is 20.8 Å². The molecule has 0 radical (unpaired) electrons. The number of nitrogens with one attached hydrogen (secondary N) is 1. The smallest absolute Gasteiger partial charge is 0.336 e. The molecule has 1 atom stereocenters. The first-order valence-corrected chi connectivity index (χ1v) is 9.40. The van der Waals surface area contributed by atoms with Crippen LogP contribution >= 0.6 is 11.6 Å². The van der Waals surface area contributed by atoms with Gasteiger partial charge in [0.15, 0.2) is 0 Å². The Morgan fingerprint density at radius 3 is 2.55 bits per heavy atom. The molecule has 0 saturated carbocycles. The highest BCUT2D eigenvalue weighted by Crippen LogP contribution is 2.22. The number of benzene rings is 2. The van der Waals surface area contributed by atoms with Crippen LogP contribution in [0.1, 0.15) is 34.0 Å². The van der Waals surface area contributed by atoms with Crippen molar-refractivity contribution in [2.45, 2.75) is 33.4 Å². The van der Waals surface area contributed by atoms with Gasteiger partial charge in [-0.25, -0.2) is 9.59 Å². The minimum absolute atomic E-state index is 0.115. The lowest BCUT2D eigenvalue weighted by atomic mass is 10.0. The average Bonchev–Trinajstić information content (AvgIpc) is 2.67. The van der Waals surface area contributed by atoms with Gasteiger partial charge in [0.2, 0.25) is 0 Å². The molecule has 150 valence electrons. The maximum atomic E-state index is 12.3. The second-order valence-corrected chi connectivity index (χ2v) is 7.21. The second kappa shape index (κ2) is 8.49. The van der Waals surface area contributed by atoms with E-state index in [1.807, 2.05) is 19.9 Å². The summed E-state index contributed by atoms with van der Waals surface area (Å²) in [5.41, 5.74) is 2.74. The van der Waals surface area contributed by atoms with E-state index in [1.54, 1.807) is 30.3 Å². The number of carbonyl (C=O) groups is 2. The summed E-state index contributed by atoms with van der Waals surface area (Å²) in [6, 6.07) is 10.6. The van der Waals surface area contributed by atoms with Gasteiger partial charge in [-0.2, -0.15) is 0 Å². The van der Waals surface area contributed by atoms with Crippen LogP contribution in [0.25, 0.3) is 11.0 Å². The number of esters is 1. The highest BCUT2D eigenvalue weighted by molar-refractivity contribution is 6.33. The minimum atomic E-state index is -0.894. The van der Waals surface area contributed by atoms with Gasteiger partial charge in [-0.05, 0) is 56.2 Å². The molecule has 7 heteroatoms. The molecule has 3 aromatic rings. The Kier molecular flexibility index (Phi) is 6.03. The average molecular weight is 414 g/mol. The molecule has 0 fully saturated rings. The number of ether oxygens (including phenoxy) is 1. The van der Waals surface area contributed by atoms with Crippen molar-refractivity contribution in [2.24, 2.45) is 0 Å². The Bertz CT molecular complexity index is 1150. The van der Waals surface area contributed by atoms with E-state index in [1.165, 1.54) is 13.0 Å². The van der Waals surface area contributed by atoms with E-state index in [0.717, 1.165) is 11.1 Å². The van der Waals surface area contributed by atoms with Crippen LogP contribution in [0, 0.1) is 13.8 Å². The van der Waals surface area contributed by atoms with Crippen molar-refractivity contribution >= 4 is 34.4 Å². The standard InChI is InChI=1S/C22H20ClNO5/c1-12-8-17-15(10-20(25)29-19(17)9-13(12)2)11-28-22(27)14(3)24-21(26)16-6-4-5-7-18(16)23/h4-10,14H,11H2,1-3H3,(H,24,26)/t14-/m0/s1. The number of hydrogen-bond donors (Lipinski definition) is 1. The molecule has 0 bridgehead atoms. The molecule has 1 amide bonds. The highest BCUT2D eigenvalue weighted by Gasteiger charge is 2.20. The fourth-order valence-corrected chi connectivity index (χ4v) is 3.08. The van der Waals surface area contributed by atoms with Crippen molar-refractivity contribution in [3.8, 4) is 0 Å². The summed E-state index contributed by atoms with van der Waals surface area (Å²) in [7, 11) is 0. The van der Waals surface area contributed by atoms with Gasteiger partial charge in [0.1, 0.15) is 18.2 Å². The molecule has 29 heavy (non-hydrogen) atoms. The van der Waals surface area contributed by atoms with Crippen molar-refractivity contribution in [1.29, 1.82) is 0 Å². The molecule has 0 spiro atoms. The zero-order chi connectivity index (χ0) is 21.1. The van der Waals surface area contributed by atoms with Crippen molar-refractivity contribution < 1.29 is 18.7 Å². The normalized spacial score (nSPS) is 11.9. The predicted molar refractivity (Wildman–Crippen MR) is 110 cm³/mol. The van der Waals surface area contributed by atoms with Crippen molar-refractivity contribution in [1.82, 2.24) is 5.32 Å². The quantitative estimate of drug-likeness (QED) is 0.506. The van der Waals surface area contributed by atoms with Crippen LogP contribution in [-0.4, -0.2) is 17.9 Å². The van der Waals surface area contributed by atoms with Crippen molar-refractivity contribution in [2.75, 3.05) is 0 Å². The van der Waals surface area contributed by atoms with E-state index in [9.17, 15) is 14.4 Å². The lowest BCUT2D eigenvalue weighted by Gasteiger charge is -2.14. The van der Waals surface area contributed by atoms with Crippen LogP contribution in [0.5, 0.6) is 0 Å². The summed E-state index contributed by atoms with van der Waals surface area (Å²) in [4.78, 5) is 36.5. The molecule has 0 unspecified atom stereocenters. The van der Waals surface area contributed by atoms with Crippen LogP contribution in [0.15, 0.2) is 51.7 Å². The first-order valence-electron chi connectivity index (χ1n) is 9.02. The third-order valence-electron chi connectivity index (χ3n) is 4.63. The Hall–Kier alpha value is -3.12. The molecule has 2 aromatic carbocycles. The number of amides is 1. The molecule has 1 aromatic heterocycles. The summed E-state index contributed by atoms with van der Waals surface area (Å²) >= 11 is 6.00. The Labute approximate surface area is 172 Å². The molecule has 0 saturated heterocycles. The zero-order valence-corrected chi connectivity index (χ0v) is 17.0. The summed E-state index contributed by atoms with van der Waals surface area (Å²) in [6.45, 7) is 5.27. The summed E-state index contributed by atoms with van der Waals surface area (Å²) < 4.78 is 10.6. The molecule has 3 rings (SSSR count). The molecular formula is C22H20ClNO5. The minimum Gasteiger partial charge on any atom is -0.459 e. The van der Waals surface area contributed by atoms with Crippen LogP contribution in [0.4, 0.5) is 0 Å². The van der Waals surface area contributed by atoms with Crippen LogP contribution in [-0.2, 0) is 16.1 Å². The van der Waals surface area contributed by atoms with Gasteiger partial charge in [-0.15, -0.1) is 0 Å². The molecule has 0 aliphatic heterocycles. The van der Waals surface area contributed by atoms with Gasteiger partial charge >= 0.3 is 11.6 Å². The SMILES string of the molecule is Cc1cc2oc(=O)cc(COC(=O)[C@H](C)NC(=O)c3ccccc3Cl)c2cc1C. The number of aryl methyl sites for hydroxylation is 2. The van der Waals surface area contributed by atoms with Gasteiger partial charge in [-0.3, -0.25) is 4.79 Å². The molecule has 6 nitrogen and oxygen atoms in total. The summed E-state index contributed by atoms with van der Waals surface area (Å²) in [5.74, 6) is -1.10. The lowest BCUT2D eigenvalue weighted by Crippen LogP contribution is -2.39. The molecule has 1 N–H and O–H groups in total.